The zero-order chi connectivity index (χ0) is 43.9. The molecule has 11 aromatic rings. The van der Waals surface area contributed by atoms with Crippen molar-refractivity contribution in [1.29, 1.82) is 0 Å². The van der Waals surface area contributed by atoms with Crippen LogP contribution in [0.25, 0.3) is 105 Å². The van der Waals surface area contributed by atoms with Gasteiger partial charge in [-0.1, -0.05) is 185 Å². The monoisotopic (exact) mass is 836 g/mol. The summed E-state index contributed by atoms with van der Waals surface area (Å²) in [7, 11) is 0. The van der Waals surface area contributed by atoms with Gasteiger partial charge in [0.2, 0.25) is 0 Å². The van der Waals surface area contributed by atoms with Crippen LogP contribution in [0.5, 0.6) is 0 Å². The molecule has 0 aliphatic heterocycles. The Morgan fingerprint density at radius 1 is 0.369 bits per heavy atom. The summed E-state index contributed by atoms with van der Waals surface area (Å²) in [4.78, 5) is 15.7. The molecule has 0 atom stereocenters. The Morgan fingerprint density at radius 3 is 1.58 bits per heavy atom. The van der Waals surface area contributed by atoms with Gasteiger partial charge < -0.3 is 4.57 Å². The molecule has 0 unspecified atom stereocenters. The van der Waals surface area contributed by atoms with Crippen molar-refractivity contribution in [1.82, 2.24) is 19.5 Å². The SMILES string of the molecule is CC1(C)CCC(C)(C)c2cc3c(cc21)c1ccc2ccccc2c1n3-c1ccc(-c2nc(-c3ccc(-c4cccc5ccccc45)cc3)nc(-c3ccccc3-c3ccccc3)n2)cc1. The molecule has 0 fully saturated rings. The van der Waals surface area contributed by atoms with E-state index in [0.717, 1.165) is 45.5 Å². The van der Waals surface area contributed by atoms with Crippen LogP contribution in [0.4, 0.5) is 0 Å². The van der Waals surface area contributed by atoms with E-state index in [1.807, 2.05) is 6.07 Å². The van der Waals surface area contributed by atoms with Crippen LogP contribution in [-0.2, 0) is 10.8 Å². The molecule has 0 bridgehead atoms. The van der Waals surface area contributed by atoms with E-state index in [2.05, 4.69) is 220 Å². The number of fused-ring (bicyclic) bond motifs is 7. The largest absolute Gasteiger partial charge is 0.309 e. The number of rotatable bonds is 6. The van der Waals surface area contributed by atoms with Crippen molar-refractivity contribution < 1.29 is 0 Å². The lowest BCUT2D eigenvalue weighted by atomic mass is 9.63. The first-order valence-electron chi connectivity index (χ1n) is 22.8. The van der Waals surface area contributed by atoms with Gasteiger partial charge in [-0.05, 0) is 110 Å². The summed E-state index contributed by atoms with van der Waals surface area (Å²) in [6.45, 7) is 9.66. The quantitative estimate of drug-likeness (QED) is 0.168. The topological polar surface area (TPSA) is 43.6 Å². The molecule has 0 saturated heterocycles. The zero-order valence-electron chi connectivity index (χ0n) is 37.2. The normalized spacial score (nSPS) is 14.3. The third-order valence-electron chi connectivity index (χ3n) is 14.1. The minimum atomic E-state index is 0.0791. The summed E-state index contributed by atoms with van der Waals surface area (Å²) in [6, 6.07) is 69.8. The van der Waals surface area contributed by atoms with Crippen LogP contribution in [0.3, 0.4) is 0 Å². The molecule has 0 N–H and O–H groups in total. The lowest BCUT2D eigenvalue weighted by molar-refractivity contribution is 0.332. The van der Waals surface area contributed by atoms with Crippen molar-refractivity contribution in [3.05, 3.63) is 205 Å². The van der Waals surface area contributed by atoms with Crippen LogP contribution in [0.1, 0.15) is 51.7 Å². The van der Waals surface area contributed by atoms with Gasteiger partial charge in [-0.25, -0.2) is 15.0 Å². The summed E-state index contributed by atoms with van der Waals surface area (Å²) in [5, 5.41) is 7.51. The second-order valence-electron chi connectivity index (χ2n) is 19.1. The predicted molar refractivity (Wildman–Crippen MR) is 272 cm³/mol. The van der Waals surface area contributed by atoms with Crippen molar-refractivity contribution in [3.63, 3.8) is 0 Å². The van der Waals surface area contributed by atoms with Crippen molar-refractivity contribution >= 4 is 43.4 Å². The smallest absolute Gasteiger partial charge is 0.164 e. The van der Waals surface area contributed by atoms with Crippen molar-refractivity contribution in [2.75, 3.05) is 0 Å². The van der Waals surface area contributed by atoms with Gasteiger partial charge in [0.15, 0.2) is 17.5 Å². The molecule has 65 heavy (non-hydrogen) atoms. The van der Waals surface area contributed by atoms with Gasteiger partial charge in [-0.3, -0.25) is 0 Å². The number of hydrogen-bond acceptors (Lipinski definition) is 3. The Kier molecular flexibility index (Phi) is 8.96. The van der Waals surface area contributed by atoms with Gasteiger partial charge in [-0.2, -0.15) is 0 Å². The molecule has 2 aromatic heterocycles. The van der Waals surface area contributed by atoms with E-state index in [1.165, 1.54) is 66.5 Å². The Hall–Kier alpha value is -7.69. The van der Waals surface area contributed by atoms with Gasteiger partial charge >= 0.3 is 0 Å². The highest BCUT2D eigenvalue weighted by atomic mass is 15.0. The van der Waals surface area contributed by atoms with Gasteiger partial charge in [-0.15, -0.1) is 0 Å². The summed E-state index contributed by atoms with van der Waals surface area (Å²) in [5.74, 6) is 1.89. The molecular weight excluding hydrogens is 789 g/mol. The van der Waals surface area contributed by atoms with Crippen LogP contribution in [0, 0.1) is 0 Å². The molecule has 0 spiro atoms. The predicted octanol–water partition coefficient (Wildman–Crippen LogP) is 16.0. The highest BCUT2D eigenvalue weighted by Gasteiger charge is 2.38. The molecule has 2 heterocycles. The highest BCUT2D eigenvalue weighted by Crippen LogP contribution is 2.49. The molecule has 12 rings (SSSR count). The van der Waals surface area contributed by atoms with E-state index < -0.39 is 0 Å². The fourth-order valence-electron chi connectivity index (χ4n) is 10.4. The van der Waals surface area contributed by atoms with E-state index in [9.17, 15) is 0 Å². The highest BCUT2D eigenvalue weighted by molar-refractivity contribution is 6.19. The average Bonchev–Trinajstić information content (AvgIpc) is 3.69. The maximum Gasteiger partial charge on any atom is 0.164 e. The third-order valence-corrected chi connectivity index (χ3v) is 14.1. The number of aromatic nitrogens is 4. The number of hydrogen-bond donors (Lipinski definition) is 0. The lowest BCUT2D eigenvalue weighted by Gasteiger charge is -2.42. The zero-order valence-corrected chi connectivity index (χ0v) is 37.2. The first-order valence-corrected chi connectivity index (χ1v) is 22.8. The van der Waals surface area contributed by atoms with Crippen molar-refractivity contribution in [2.24, 2.45) is 0 Å². The molecule has 9 aromatic carbocycles. The van der Waals surface area contributed by atoms with E-state index in [-0.39, 0.29) is 10.8 Å². The Bertz CT molecular complexity index is 3630. The lowest BCUT2D eigenvalue weighted by Crippen LogP contribution is -2.33. The first-order chi connectivity index (χ1) is 31.7. The fourth-order valence-corrected chi connectivity index (χ4v) is 10.4. The molecule has 312 valence electrons. The van der Waals surface area contributed by atoms with E-state index in [1.54, 1.807) is 0 Å². The van der Waals surface area contributed by atoms with Crippen LogP contribution in [-0.4, -0.2) is 19.5 Å². The van der Waals surface area contributed by atoms with Crippen LogP contribution >= 0.6 is 0 Å². The molecule has 4 heteroatoms. The summed E-state index contributed by atoms with van der Waals surface area (Å²) < 4.78 is 2.49. The van der Waals surface area contributed by atoms with Crippen LogP contribution in [0.15, 0.2) is 194 Å². The number of benzene rings is 9. The van der Waals surface area contributed by atoms with E-state index >= 15 is 0 Å². The van der Waals surface area contributed by atoms with Gasteiger partial charge in [0, 0.05) is 38.5 Å². The van der Waals surface area contributed by atoms with E-state index in [0.29, 0.717) is 17.5 Å². The minimum absolute atomic E-state index is 0.0791. The second-order valence-corrected chi connectivity index (χ2v) is 19.1. The van der Waals surface area contributed by atoms with Gasteiger partial charge in [0.1, 0.15) is 0 Å². The summed E-state index contributed by atoms with van der Waals surface area (Å²) in [5.41, 5.74) is 14.0. The van der Waals surface area contributed by atoms with Gasteiger partial charge in [0.25, 0.3) is 0 Å². The molecule has 0 radical (unpaired) electrons. The van der Waals surface area contributed by atoms with Gasteiger partial charge in [0.05, 0.1) is 11.0 Å². The van der Waals surface area contributed by atoms with Crippen LogP contribution < -0.4 is 0 Å². The first kappa shape index (κ1) is 38.9. The Labute approximate surface area is 379 Å². The molecule has 0 amide bonds. The second kappa shape index (κ2) is 15.0. The molecular formula is C61H48N4. The molecule has 0 saturated carbocycles. The number of nitrogens with zero attached hydrogens (tertiary/aromatic N) is 4. The summed E-state index contributed by atoms with van der Waals surface area (Å²) >= 11 is 0. The van der Waals surface area contributed by atoms with E-state index in [4.69, 9.17) is 15.0 Å². The van der Waals surface area contributed by atoms with Crippen molar-refractivity contribution in [3.8, 4) is 62.1 Å². The van der Waals surface area contributed by atoms with Crippen molar-refractivity contribution in [2.45, 2.75) is 51.4 Å². The molecule has 4 nitrogen and oxygen atoms in total. The molecule has 1 aliphatic rings. The minimum Gasteiger partial charge on any atom is -0.309 e. The Balaban J connectivity index is 1.02. The molecule has 1 aliphatic carbocycles. The fraction of sp³-hybridized carbons (Fsp3) is 0.131. The third kappa shape index (κ3) is 6.54. The Morgan fingerprint density at radius 2 is 0.877 bits per heavy atom. The maximum absolute atomic E-state index is 5.27. The maximum atomic E-state index is 5.27. The summed E-state index contributed by atoms with van der Waals surface area (Å²) in [6.07, 6.45) is 2.34. The average molecular weight is 837 g/mol. The van der Waals surface area contributed by atoms with Crippen LogP contribution in [0.2, 0.25) is 0 Å². The standard InChI is InChI=1S/C61H48N4/c1-60(2)35-36-61(3,4)54-38-55-52(37-53(54)60)50-34-31-41-18-9-11-22-49(41)56(50)65(55)45-32-29-44(30-33-45)58-62-57(63-59(64-58)51-23-13-12-21-48(51)39-15-6-5-7-16-39)43-27-25-42(26-28-43)47-24-14-19-40-17-8-10-20-46(40)47/h5-34,37-38H,35-36H2,1-4H3.